The fraction of sp³-hybridized carbons (Fsp3) is 0.645. The SMILES string of the molecule is C=CCN(C(=O)C1N([C@H](CO)c2ccccc2)C(=O)[C@@H]2[C@@H](C(=O)OCC)[C@@H]3OC12CC3Br)C(C)(C)CC(C)(C)C. The lowest BCUT2D eigenvalue weighted by Gasteiger charge is -2.46. The van der Waals surface area contributed by atoms with Crippen LogP contribution in [0.15, 0.2) is 43.0 Å². The van der Waals surface area contributed by atoms with Gasteiger partial charge in [0, 0.05) is 16.9 Å². The summed E-state index contributed by atoms with van der Waals surface area (Å²) in [7, 11) is 0. The predicted octanol–water partition coefficient (Wildman–Crippen LogP) is 4.26. The number of amides is 2. The normalized spacial score (nSPS) is 30.2. The molecule has 40 heavy (non-hydrogen) atoms. The Labute approximate surface area is 246 Å². The van der Waals surface area contributed by atoms with Crippen LogP contribution in [0.4, 0.5) is 0 Å². The molecular formula is C31H43BrN2O6. The summed E-state index contributed by atoms with van der Waals surface area (Å²) in [6.07, 6.45) is 2.19. The van der Waals surface area contributed by atoms with E-state index in [0.717, 1.165) is 0 Å². The van der Waals surface area contributed by atoms with Gasteiger partial charge in [0.1, 0.15) is 11.6 Å². The molecule has 0 radical (unpaired) electrons. The number of halogens is 1. The van der Waals surface area contributed by atoms with E-state index < -0.39 is 47.1 Å². The second-order valence-corrected chi connectivity index (χ2v) is 14.2. The highest BCUT2D eigenvalue weighted by molar-refractivity contribution is 9.09. The average molecular weight is 620 g/mol. The van der Waals surface area contributed by atoms with Crippen molar-refractivity contribution in [1.82, 2.24) is 9.80 Å². The number of carbonyl (C=O) groups excluding carboxylic acids is 3. The maximum Gasteiger partial charge on any atom is 0.312 e. The minimum Gasteiger partial charge on any atom is -0.466 e. The Morgan fingerprint density at radius 3 is 2.48 bits per heavy atom. The average Bonchev–Trinajstić information content (AvgIpc) is 3.46. The van der Waals surface area contributed by atoms with Crippen LogP contribution in [0, 0.1) is 17.3 Å². The number of carbonyl (C=O) groups is 3. The number of likely N-dealkylation sites (tertiary alicyclic amines) is 1. The van der Waals surface area contributed by atoms with E-state index in [2.05, 4.69) is 43.3 Å². The fourth-order valence-corrected chi connectivity index (χ4v) is 8.47. The number of ether oxygens (including phenoxy) is 2. The number of aliphatic hydroxyl groups excluding tert-OH is 1. The molecule has 3 aliphatic rings. The molecule has 220 valence electrons. The molecule has 0 saturated carbocycles. The molecule has 3 unspecified atom stereocenters. The molecule has 4 rings (SSSR count). The molecule has 0 aliphatic carbocycles. The molecule has 2 amide bonds. The van der Waals surface area contributed by atoms with Gasteiger partial charge in [-0.15, -0.1) is 6.58 Å². The van der Waals surface area contributed by atoms with Crippen molar-refractivity contribution in [3.05, 3.63) is 48.6 Å². The van der Waals surface area contributed by atoms with Crippen LogP contribution in [0.5, 0.6) is 0 Å². The molecule has 7 atom stereocenters. The van der Waals surface area contributed by atoms with Gasteiger partial charge in [-0.2, -0.15) is 0 Å². The summed E-state index contributed by atoms with van der Waals surface area (Å²) in [6.45, 7) is 16.1. The van der Waals surface area contributed by atoms with Crippen molar-refractivity contribution in [2.75, 3.05) is 19.8 Å². The van der Waals surface area contributed by atoms with Crippen LogP contribution >= 0.6 is 15.9 Å². The fourth-order valence-electron chi connectivity index (χ4n) is 7.53. The van der Waals surface area contributed by atoms with Crippen molar-refractivity contribution in [3.63, 3.8) is 0 Å². The van der Waals surface area contributed by atoms with Crippen LogP contribution in [0.25, 0.3) is 0 Å². The first-order valence-electron chi connectivity index (χ1n) is 14.1. The Balaban J connectivity index is 1.89. The number of aliphatic hydroxyl groups is 1. The van der Waals surface area contributed by atoms with Gasteiger partial charge in [-0.25, -0.2) is 0 Å². The molecule has 3 aliphatic heterocycles. The Hall–Kier alpha value is -2.23. The number of esters is 1. The van der Waals surface area contributed by atoms with Crippen molar-refractivity contribution in [2.24, 2.45) is 17.3 Å². The van der Waals surface area contributed by atoms with Gasteiger partial charge in [-0.3, -0.25) is 14.4 Å². The molecule has 1 spiro atoms. The molecule has 1 aromatic rings. The number of rotatable bonds is 10. The molecule has 8 nitrogen and oxygen atoms in total. The lowest BCUT2D eigenvalue weighted by Crippen LogP contribution is -2.61. The van der Waals surface area contributed by atoms with Gasteiger partial charge in [0.2, 0.25) is 11.8 Å². The van der Waals surface area contributed by atoms with E-state index >= 15 is 0 Å². The van der Waals surface area contributed by atoms with Crippen LogP contribution in [-0.2, 0) is 23.9 Å². The third-order valence-corrected chi connectivity index (χ3v) is 9.33. The maximum absolute atomic E-state index is 14.9. The first-order chi connectivity index (χ1) is 18.7. The van der Waals surface area contributed by atoms with Gasteiger partial charge in [0.05, 0.1) is 37.2 Å². The first kappa shape index (κ1) is 30.7. The first-order valence-corrected chi connectivity index (χ1v) is 15.0. The zero-order chi connectivity index (χ0) is 29.6. The number of nitrogens with zero attached hydrogens (tertiary/aromatic N) is 2. The highest BCUT2D eigenvalue weighted by Crippen LogP contribution is 2.61. The summed E-state index contributed by atoms with van der Waals surface area (Å²) < 4.78 is 12.0. The van der Waals surface area contributed by atoms with E-state index in [4.69, 9.17) is 9.47 Å². The summed E-state index contributed by atoms with van der Waals surface area (Å²) in [5, 5.41) is 10.7. The Bertz CT molecular complexity index is 1130. The molecule has 3 saturated heterocycles. The molecule has 0 aromatic heterocycles. The number of alkyl halides is 1. The Morgan fingerprint density at radius 1 is 1.27 bits per heavy atom. The van der Waals surface area contributed by atoms with Crippen molar-refractivity contribution in [3.8, 4) is 0 Å². The summed E-state index contributed by atoms with van der Waals surface area (Å²) in [5.41, 5.74) is -1.21. The monoisotopic (exact) mass is 618 g/mol. The van der Waals surface area contributed by atoms with Gasteiger partial charge >= 0.3 is 5.97 Å². The van der Waals surface area contributed by atoms with Crippen LogP contribution in [-0.4, -0.2) is 80.6 Å². The summed E-state index contributed by atoms with van der Waals surface area (Å²) in [4.78, 5) is 45.7. The highest BCUT2D eigenvalue weighted by Gasteiger charge is 2.77. The lowest BCUT2D eigenvalue weighted by molar-refractivity contribution is -0.157. The van der Waals surface area contributed by atoms with Crippen molar-refractivity contribution < 1.29 is 29.0 Å². The zero-order valence-electron chi connectivity index (χ0n) is 24.4. The molecule has 1 aromatic carbocycles. The van der Waals surface area contributed by atoms with Gasteiger partial charge in [0.25, 0.3) is 0 Å². The van der Waals surface area contributed by atoms with E-state index in [1.54, 1.807) is 17.9 Å². The van der Waals surface area contributed by atoms with E-state index in [0.29, 0.717) is 18.4 Å². The van der Waals surface area contributed by atoms with Crippen LogP contribution in [0.1, 0.15) is 66.0 Å². The number of hydrogen-bond donors (Lipinski definition) is 1. The van der Waals surface area contributed by atoms with Crippen molar-refractivity contribution in [2.45, 2.75) is 88.5 Å². The highest BCUT2D eigenvalue weighted by atomic mass is 79.9. The van der Waals surface area contributed by atoms with Gasteiger partial charge in [-0.05, 0) is 44.6 Å². The number of hydrogen-bond acceptors (Lipinski definition) is 6. The zero-order valence-corrected chi connectivity index (χ0v) is 26.0. The predicted molar refractivity (Wildman–Crippen MR) is 156 cm³/mol. The largest absolute Gasteiger partial charge is 0.466 e. The molecular weight excluding hydrogens is 576 g/mol. The van der Waals surface area contributed by atoms with Crippen LogP contribution in [0.3, 0.4) is 0 Å². The molecule has 3 fully saturated rings. The van der Waals surface area contributed by atoms with E-state index in [1.165, 1.54) is 4.90 Å². The van der Waals surface area contributed by atoms with E-state index in [9.17, 15) is 19.5 Å². The van der Waals surface area contributed by atoms with Gasteiger partial charge < -0.3 is 24.4 Å². The summed E-state index contributed by atoms with van der Waals surface area (Å²) >= 11 is 3.70. The summed E-state index contributed by atoms with van der Waals surface area (Å²) in [6, 6.07) is 7.36. The van der Waals surface area contributed by atoms with Gasteiger partial charge in [0.15, 0.2) is 0 Å². The Morgan fingerprint density at radius 2 is 1.93 bits per heavy atom. The minimum atomic E-state index is -1.25. The Kier molecular flexibility index (Phi) is 8.61. The second kappa shape index (κ2) is 11.2. The minimum absolute atomic E-state index is 0.0782. The molecule has 9 heteroatoms. The maximum atomic E-state index is 14.9. The second-order valence-electron chi connectivity index (χ2n) is 13.1. The van der Waals surface area contributed by atoms with Crippen LogP contribution in [0.2, 0.25) is 0 Å². The number of benzene rings is 1. The molecule has 2 bridgehead atoms. The third-order valence-electron chi connectivity index (χ3n) is 8.48. The molecule has 1 N–H and O–H groups in total. The third kappa shape index (κ3) is 5.13. The van der Waals surface area contributed by atoms with Crippen molar-refractivity contribution >= 4 is 33.7 Å². The van der Waals surface area contributed by atoms with E-state index in [-0.39, 0.29) is 41.8 Å². The van der Waals surface area contributed by atoms with E-state index in [1.807, 2.05) is 44.2 Å². The smallest absolute Gasteiger partial charge is 0.312 e. The van der Waals surface area contributed by atoms with Crippen LogP contribution < -0.4 is 0 Å². The lowest BCUT2D eigenvalue weighted by atomic mass is 9.70. The van der Waals surface area contributed by atoms with Gasteiger partial charge in [-0.1, -0.05) is 73.1 Å². The van der Waals surface area contributed by atoms with Crippen molar-refractivity contribution in [1.29, 1.82) is 0 Å². The standard InChI is InChI=1S/C31H43BrN2O6/c1-8-15-33(30(6,7)18-29(3,4)5)27(37)25-31-16-20(32)24(40-31)22(28(38)39-9-2)23(31)26(36)34(25)21(17-35)19-13-11-10-12-14-19/h8,10-14,20-25,35H,1,9,15-18H2,2-7H3/t20?,21-,22-,23+,24-,25?,31?/m1/s1. The summed E-state index contributed by atoms with van der Waals surface area (Å²) in [5.74, 6) is -2.89. The number of fused-ring (bicyclic) bond motifs is 1. The molecule has 3 heterocycles. The topological polar surface area (TPSA) is 96.4 Å². The quantitative estimate of drug-likeness (QED) is 0.239.